The Morgan fingerprint density at radius 3 is 2.48 bits per heavy atom. The Labute approximate surface area is 123 Å². The van der Waals surface area contributed by atoms with Crippen LogP contribution in [0.3, 0.4) is 0 Å². The zero-order chi connectivity index (χ0) is 15.5. The van der Waals surface area contributed by atoms with Gasteiger partial charge in [0.15, 0.2) is 5.54 Å². The molecule has 0 saturated carbocycles. The van der Waals surface area contributed by atoms with Gasteiger partial charge in [-0.25, -0.2) is 4.79 Å². The molecule has 1 amide bonds. The van der Waals surface area contributed by atoms with Crippen molar-refractivity contribution in [1.82, 2.24) is 10.2 Å². The van der Waals surface area contributed by atoms with E-state index in [2.05, 4.69) is 5.32 Å². The lowest BCUT2D eigenvalue weighted by Gasteiger charge is -2.23. The Morgan fingerprint density at radius 2 is 2.00 bits per heavy atom. The Kier molecular flexibility index (Phi) is 4.59. The standard InChI is InChI=1S/C15H20N2O4/c1-17(2)9-11-3-5-12(6-4-11)13(18)16-15(14(19)20)7-8-21-10-15/h3-6H,7-10H2,1-2H3,(H,16,18)(H,19,20). The van der Waals surface area contributed by atoms with E-state index in [0.29, 0.717) is 12.2 Å². The van der Waals surface area contributed by atoms with Gasteiger partial charge in [-0.05, 0) is 31.8 Å². The number of nitrogens with one attached hydrogen (secondary N) is 1. The lowest BCUT2D eigenvalue weighted by atomic mass is 9.98. The molecule has 1 aromatic rings. The van der Waals surface area contributed by atoms with E-state index in [9.17, 15) is 14.7 Å². The third-order valence-electron chi connectivity index (χ3n) is 3.50. The lowest BCUT2D eigenvalue weighted by Crippen LogP contribution is -2.55. The van der Waals surface area contributed by atoms with Crippen molar-refractivity contribution in [3.63, 3.8) is 0 Å². The van der Waals surface area contributed by atoms with E-state index in [0.717, 1.165) is 12.1 Å². The molecule has 1 aliphatic rings. The molecule has 1 aliphatic heterocycles. The molecule has 0 bridgehead atoms. The molecule has 0 radical (unpaired) electrons. The van der Waals surface area contributed by atoms with Crippen LogP contribution in [0.2, 0.25) is 0 Å². The zero-order valence-corrected chi connectivity index (χ0v) is 12.3. The van der Waals surface area contributed by atoms with Crippen molar-refractivity contribution in [1.29, 1.82) is 0 Å². The van der Waals surface area contributed by atoms with Crippen molar-refractivity contribution in [2.45, 2.75) is 18.5 Å². The van der Waals surface area contributed by atoms with E-state index in [4.69, 9.17) is 4.74 Å². The largest absolute Gasteiger partial charge is 0.479 e. The van der Waals surface area contributed by atoms with Crippen molar-refractivity contribution >= 4 is 11.9 Å². The second-order valence-corrected chi connectivity index (χ2v) is 5.58. The van der Waals surface area contributed by atoms with Crippen LogP contribution in [0, 0.1) is 0 Å². The van der Waals surface area contributed by atoms with Crippen LogP contribution in [0.1, 0.15) is 22.3 Å². The van der Waals surface area contributed by atoms with Crippen LogP contribution in [0.25, 0.3) is 0 Å². The van der Waals surface area contributed by atoms with Gasteiger partial charge < -0.3 is 20.1 Å². The Morgan fingerprint density at radius 1 is 1.33 bits per heavy atom. The van der Waals surface area contributed by atoms with Crippen molar-refractivity contribution in [2.24, 2.45) is 0 Å². The van der Waals surface area contributed by atoms with Gasteiger partial charge in [-0.1, -0.05) is 12.1 Å². The summed E-state index contributed by atoms with van der Waals surface area (Å²) in [6.07, 6.45) is 0.285. The SMILES string of the molecule is CN(C)Cc1ccc(C(=O)NC2(C(=O)O)CCOC2)cc1. The average molecular weight is 292 g/mol. The average Bonchev–Trinajstić information content (AvgIpc) is 2.88. The number of carboxylic acids is 1. The molecule has 1 unspecified atom stereocenters. The molecule has 1 fully saturated rings. The normalized spacial score (nSPS) is 21.5. The monoisotopic (exact) mass is 292 g/mol. The Bertz CT molecular complexity index is 519. The third-order valence-corrected chi connectivity index (χ3v) is 3.50. The lowest BCUT2D eigenvalue weighted by molar-refractivity contribution is -0.144. The molecule has 114 valence electrons. The van der Waals surface area contributed by atoms with Gasteiger partial charge in [-0.15, -0.1) is 0 Å². The van der Waals surface area contributed by atoms with Crippen molar-refractivity contribution in [2.75, 3.05) is 27.3 Å². The summed E-state index contributed by atoms with van der Waals surface area (Å²) >= 11 is 0. The van der Waals surface area contributed by atoms with E-state index in [1.54, 1.807) is 12.1 Å². The highest BCUT2D eigenvalue weighted by molar-refractivity contribution is 5.98. The second-order valence-electron chi connectivity index (χ2n) is 5.58. The Balaban J connectivity index is 2.07. The molecule has 2 rings (SSSR count). The number of amides is 1. The maximum atomic E-state index is 12.2. The predicted molar refractivity (Wildman–Crippen MR) is 77.1 cm³/mol. The minimum Gasteiger partial charge on any atom is -0.479 e. The number of carbonyl (C=O) groups is 2. The van der Waals surface area contributed by atoms with Gasteiger partial charge in [0, 0.05) is 25.1 Å². The molecule has 1 saturated heterocycles. The summed E-state index contributed by atoms with van der Waals surface area (Å²) in [6.45, 7) is 1.13. The molecule has 0 aromatic heterocycles. The number of rotatable bonds is 5. The van der Waals surface area contributed by atoms with E-state index in [1.165, 1.54) is 0 Å². The smallest absolute Gasteiger partial charge is 0.331 e. The number of hydrogen-bond acceptors (Lipinski definition) is 4. The summed E-state index contributed by atoms with van der Waals surface area (Å²) in [5, 5.41) is 11.9. The van der Waals surface area contributed by atoms with E-state index < -0.39 is 11.5 Å². The molecule has 1 aromatic carbocycles. The van der Waals surface area contributed by atoms with Crippen LogP contribution in [0.4, 0.5) is 0 Å². The van der Waals surface area contributed by atoms with Crippen LogP contribution in [0.5, 0.6) is 0 Å². The van der Waals surface area contributed by atoms with Gasteiger partial charge in [-0.2, -0.15) is 0 Å². The number of carbonyl (C=O) groups excluding carboxylic acids is 1. The first-order valence-electron chi connectivity index (χ1n) is 6.80. The third kappa shape index (κ3) is 3.59. The summed E-state index contributed by atoms with van der Waals surface area (Å²) in [7, 11) is 3.94. The molecule has 1 heterocycles. The van der Waals surface area contributed by atoms with Gasteiger partial charge in [0.2, 0.25) is 0 Å². The number of benzene rings is 1. The van der Waals surface area contributed by atoms with Crippen molar-refractivity contribution in [3.8, 4) is 0 Å². The first-order chi connectivity index (χ1) is 9.93. The molecule has 21 heavy (non-hydrogen) atoms. The summed E-state index contributed by atoms with van der Waals surface area (Å²) in [6, 6.07) is 7.15. The van der Waals surface area contributed by atoms with Crippen molar-refractivity contribution < 1.29 is 19.4 Å². The summed E-state index contributed by atoms with van der Waals surface area (Å²) in [5.74, 6) is -1.45. The summed E-state index contributed by atoms with van der Waals surface area (Å²) < 4.78 is 5.12. The molecule has 1 atom stereocenters. The highest BCUT2D eigenvalue weighted by Gasteiger charge is 2.44. The first kappa shape index (κ1) is 15.5. The van der Waals surface area contributed by atoms with Gasteiger partial charge >= 0.3 is 5.97 Å². The number of carboxylic acid groups (broad SMARTS) is 1. The molecular formula is C15H20N2O4. The summed E-state index contributed by atoms with van der Waals surface area (Å²) in [5.41, 5.74) is 0.234. The van der Waals surface area contributed by atoms with Crippen LogP contribution in [-0.2, 0) is 16.1 Å². The minimum atomic E-state index is -1.31. The number of nitrogens with zero attached hydrogens (tertiary/aromatic N) is 1. The molecule has 0 spiro atoms. The van der Waals surface area contributed by atoms with Crippen LogP contribution >= 0.6 is 0 Å². The fraction of sp³-hybridized carbons (Fsp3) is 0.467. The second kappa shape index (κ2) is 6.24. The topological polar surface area (TPSA) is 78.9 Å². The maximum Gasteiger partial charge on any atom is 0.331 e. The molecule has 2 N–H and O–H groups in total. The van der Waals surface area contributed by atoms with Crippen LogP contribution in [-0.4, -0.2) is 54.7 Å². The Hall–Kier alpha value is -1.92. The number of hydrogen-bond donors (Lipinski definition) is 2. The van der Waals surface area contributed by atoms with Crippen molar-refractivity contribution in [3.05, 3.63) is 35.4 Å². The molecule has 6 nitrogen and oxygen atoms in total. The van der Waals surface area contributed by atoms with Gasteiger partial charge in [-0.3, -0.25) is 4.79 Å². The quantitative estimate of drug-likeness (QED) is 0.836. The molecule has 6 heteroatoms. The number of ether oxygens (including phenoxy) is 1. The highest BCUT2D eigenvalue weighted by Crippen LogP contribution is 2.20. The summed E-state index contributed by atoms with van der Waals surface area (Å²) in [4.78, 5) is 25.6. The molecular weight excluding hydrogens is 272 g/mol. The number of aliphatic carboxylic acids is 1. The maximum absolute atomic E-state index is 12.2. The van der Waals surface area contributed by atoms with E-state index in [-0.39, 0.29) is 18.9 Å². The van der Waals surface area contributed by atoms with Gasteiger partial charge in [0.1, 0.15) is 0 Å². The fourth-order valence-electron chi connectivity index (χ4n) is 2.30. The highest BCUT2D eigenvalue weighted by atomic mass is 16.5. The minimum absolute atomic E-state index is 0.00673. The van der Waals surface area contributed by atoms with Gasteiger partial charge in [0.25, 0.3) is 5.91 Å². The van der Waals surface area contributed by atoms with Crippen LogP contribution in [0.15, 0.2) is 24.3 Å². The predicted octanol–water partition coefficient (Wildman–Crippen LogP) is 0.722. The van der Waals surface area contributed by atoms with E-state index in [1.807, 2.05) is 31.1 Å². The van der Waals surface area contributed by atoms with Crippen LogP contribution < -0.4 is 5.32 Å². The van der Waals surface area contributed by atoms with Gasteiger partial charge in [0.05, 0.1) is 6.61 Å². The van der Waals surface area contributed by atoms with E-state index >= 15 is 0 Å². The first-order valence-corrected chi connectivity index (χ1v) is 6.80. The fourth-order valence-corrected chi connectivity index (χ4v) is 2.30. The molecule has 0 aliphatic carbocycles. The zero-order valence-electron chi connectivity index (χ0n) is 12.3.